The summed E-state index contributed by atoms with van der Waals surface area (Å²) in [4.78, 5) is 28.9. The van der Waals surface area contributed by atoms with Crippen molar-refractivity contribution in [2.45, 2.75) is 39.7 Å². The number of hydrogen-bond acceptors (Lipinski definition) is 8. The van der Waals surface area contributed by atoms with Crippen molar-refractivity contribution in [1.29, 1.82) is 0 Å². The molecule has 1 saturated heterocycles. The Kier molecular flexibility index (Phi) is 6.80. The molecule has 0 bridgehead atoms. The van der Waals surface area contributed by atoms with E-state index in [1.807, 2.05) is 39.0 Å². The van der Waals surface area contributed by atoms with Gasteiger partial charge in [-0.05, 0) is 45.2 Å². The Morgan fingerprint density at radius 3 is 2.76 bits per heavy atom. The molecule has 12 heteroatoms. The third kappa shape index (κ3) is 5.74. The van der Waals surface area contributed by atoms with Crippen molar-refractivity contribution in [3.8, 4) is 5.82 Å². The van der Waals surface area contributed by atoms with Gasteiger partial charge in [0.25, 0.3) is 0 Å². The number of piperidine rings is 1. The number of H-pyrrole nitrogens is 1. The number of pyridine rings is 1. The molecule has 4 aromatic rings. The first-order valence-corrected chi connectivity index (χ1v) is 12.2. The van der Waals surface area contributed by atoms with E-state index in [2.05, 4.69) is 45.8 Å². The van der Waals surface area contributed by atoms with E-state index < -0.39 is 5.82 Å². The van der Waals surface area contributed by atoms with Crippen molar-refractivity contribution in [3.05, 3.63) is 65.6 Å². The molecule has 3 N–H and O–H groups in total. The predicted molar refractivity (Wildman–Crippen MR) is 136 cm³/mol. The monoisotopic (exact) mass is 504 g/mol. The summed E-state index contributed by atoms with van der Waals surface area (Å²) in [5, 5.41) is 17.3. The number of aromatic nitrogens is 7. The van der Waals surface area contributed by atoms with E-state index in [1.54, 1.807) is 12.3 Å². The van der Waals surface area contributed by atoms with Crippen molar-refractivity contribution in [2.24, 2.45) is 5.92 Å². The van der Waals surface area contributed by atoms with E-state index >= 15 is 0 Å². The fourth-order valence-corrected chi connectivity index (χ4v) is 4.37. The molecular weight excluding hydrogens is 475 g/mol. The van der Waals surface area contributed by atoms with Gasteiger partial charge in [-0.2, -0.15) is 15.2 Å². The van der Waals surface area contributed by atoms with Gasteiger partial charge in [0.15, 0.2) is 17.5 Å². The molecule has 1 aliphatic rings. The van der Waals surface area contributed by atoms with E-state index in [0.29, 0.717) is 29.9 Å². The molecule has 0 unspecified atom stereocenters. The van der Waals surface area contributed by atoms with Gasteiger partial charge in [-0.3, -0.25) is 9.89 Å². The fourth-order valence-electron chi connectivity index (χ4n) is 4.37. The Morgan fingerprint density at radius 2 is 2.05 bits per heavy atom. The maximum atomic E-state index is 13.2. The van der Waals surface area contributed by atoms with Gasteiger partial charge in [0.1, 0.15) is 5.82 Å². The van der Waals surface area contributed by atoms with Crippen molar-refractivity contribution in [1.82, 2.24) is 40.2 Å². The summed E-state index contributed by atoms with van der Waals surface area (Å²) >= 11 is 0. The molecule has 0 aliphatic carbocycles. The molecule has 0 spiro atoms. The number of carbonyl (C=O) groups excluding carboxylic acids is 1. The van der Waals surface area contributed by atoms with Gasteiger partial charge >= 0.3 is 0 Å². The van der Waals surface area contributed by atoms with Gasteiger partial charge in [0.2, 0.25) is 11.9 Å². The largest absolute Gasteiger partial charge is 0.349 e. The quantitative estimate of drug-likeness (QED) is 0.349. The van der Waals surface area contributed by atoms with E-state index in [9.17, 15) is 9.18 Å². The van der Waals surface area contributed by atoms with Crippen molar-refractivity contribution >= 4 is 23.5 Å². The van der Waals surface area contributed by atoms with E-state index in [4.69, 9.17) is 0 Å². The number of hydrogen-bond donors (Lipinski definition) is 3. The second kappa shape index (κ2) is 10.3. The van der Waals surface area contributed by atoms with Crippen LogP contribution in [0.15, 0.2) is 42.9 Å². The minimum atomic E-state index is -0.427. The number of aryl methyl sites for hydroxylation is 2. The van der Waals surface area contributed by atoms with E-state index in [-0.39, 0.29) is 17.9 Å². The molecule has 4 aromatic heterocycles. The zero-order valence-electron chi connectivity index (χ0n) is 20.9. The van der Waals surface area contributed by atoms with Gasteiger partial charge in [0.05, 0.1) is 24.4 Å². The molecule has 0 radical (unpaired) electrons. The third-order valence-electron chi connectivity index (χ3n) is 6.29. The Labute approximate surface area is 213 Å². The highest BCUT2D eigenvalue weighted by molar-refractivity contribution is 5.80. The second-order valence-corrected chi connectivity index (χ2v) is 9.32. The van der Waals surface area contributed by atoms with Crippen molar-refractivity contribution < 1.29 is 9.18 Å². The molecule has 1 amide bonds. The Hall–Kier alpha value is -4.35. The number of halogens is 1. The first kappa shape index (κ1) is 24.3. The summed E-state index contributed by atoms with van der Waals surface area (Å²) in [6.45, 7) is 7.09. The van der Waals surface area contributed by atoms with Crippen LogP contribution >= 0.6 is 0 Å². The summed E-state index contributed by atoms with van der Waals surface area (Å²) in [6.07, 6.45) is 5.72. The van der Waals surface area contributed by atoms with Crippen LogP contribution in [0.5, 0.6) is 0 Å². The molecule has 2 atom stereocenters. The molecular formula is C25H29FN10O. The number of anilines is 3. The maximum Gasteiger partial charge on any atom is 0.227 e. The molecule has 1 aliphatic heterocycles. The lowest BCUT2D eigenvalue weighted by atomic mass is 9.96. The van der Waals surface area contributed by atoms with Gasteiger partial charge in [-0.15, -0.1) is 0 Å². The van der Waals surface area contributed by atoms with Crippen LogP contribution < -0.4 is 15.5 Å². The maximum absolute atomic E-state index is 13.2. The summed E-state index contributed by atoms with van der Waals surface area (Å²) < 4.78 is 14.6. The SMILES string of the molecule is Cc1cc(Nc2cc(C)[nH]n2)nc(N2CCC[C@@H](C(=O)N[C@@H](C)c3ccc(-n4cc(F)cn4)nc3)C2)n1. The number of nitrogens with one attached hydrogen (secondary N) is 3. The molecule has 1 fully saturated rings. The molecule has 5 heterocycles. The first-order chi connectivity index (χ1) is 17.8. The standard InChI is InChI=1S/C25H29FN10O/c1-15-9-21(31-22-10-16(2)33-34-22)32-25(29-15)35-8-4-5-19(13-35)24(37)30-17(3)18-6-7-23(27-11-18)36-14-20(26)12-28-36/h6-7,9-12,14,17,19H,4-5,8,13H2,1-3H3,(H,30,37)(H2,29,31,32,33,34)/t17-,19+/m0/s1. The predicted octanol–water partition coefficient (Wildman–Crippen LogP) is 3.37. The topological polar surface area (TPSA) is 130 Å². The summed E-state index contributed by atoms with van der Waals surface area (Å²) in [6, 6.07) is 7.14. The smallest absolute Gasteiger partial charge is 0.227 e. The Balaban J connectivity index is 1.22. The highest BCUT2D eigenvalue weighted by Gasteiger charge is 2.28. The number of amides is 1. The summed E-state index contributed by atoms with van der Waals surface area (Å²) in [7, 11) is 0. The third-order valence-corrected chi connectivity index (χ3v) is 6.29. The average molecular weight is 505 g/mol. The lowest BCUT2D eigenvalue weighted by molar-refractivity contribution is -0.125. The Bertz CT molecular complexity index is 1380. The van der Waals surface area contributed by atoms with E-state index in [1.165, 1.54) is 10.9 Å². The van der Waals surface area contributed by atoms with Crippen LogP contribution in [0, 0.1) is 25.6 Å². The lowest BCUT2D eigenvalue weighted by Crippen LogP contribution is -2.44. The minimum Gasteiger partial charge on any atom is -0.349 e. The van der Waals surface area contributed by atoms with Crippen molar-refractivity contribution in [3.63, 3.8) is 0 Å². The van der Waals surface area contributed by atoms with Crippen LogP contribution in [0.1, 0.15) is 42.8 Å². The van der Waals surface area contributed by atoms with Crippen LogP contribution in [-0.4, -0.2) is 53.9 Å². The minimum absolute atomic E-state index is 0.0200. The number of nitrogens with zero attached hydrogens (tertiary/aromatic N) is 7. The fraction of sp³-hybridized carbons (Fsp3) is 0.360. The molecule has 11 nitrogen and oxygen atoms in total. The highest BCUT2D eigenvalue weighted by atomic mass is 19.1. The van der Waals surface area contributed by atoms with Crippen LogP contribution in [-0.2, 0) is 4.79 Å². The zero-order chi connectivity index (χ0) is 25.9. The lowest BCUT2D eigenvalue weighted by Gasteiger charge is -2.33. The Morgan fingerprint density at radius 1 is 1.19 bits per heavy atom. The number of aromatic amines is 1. The van der Waals surface area contributed by atoms with Crippen LogP contribution in [0.2, 0.25) is 0 Å². The van der Waals surface area contributed by atoms with Crippen LogP contribution in [0.3, 0.4) is 0 Å². The molecule has 37 heavy (non-hydrogen) atoms. The van der Waals surface area contributed by atoms with Gasteiger partial charge in [-0.25, -0.2) is 19.0 Å². The molecule has 0 aromatic carbocycles. The van der Waals surface area contributed by atoms with Crippen molar-refractivity contribution in [2.75, 3.05) is 23.3 Å². The molecule has 0 saturated carbocycles. The molecule has 192 valence electrons. The number of carbonyl (C=O) groups is 1. The summed E-state index contributed by atoms with van der Waals surface area (Å²) in [5.74, 6) is 1.80. The molecule has 5 rings (SSSR count). The zero-order valence-corrected chi connectivity index (χ0v) is 20.9. The average Bonchev–Trinajstić information content (AvgIpc) is 3.51. The van der Waals surface area contributed by atoms with Gasteiger partial charge in [0, 0.05) is 42.8 Å². The van der Waals surface area contributed by atoms with Crippen LogP contribution in [0.4, 0.5) is 22.0 Å². The first-order valence-electron chi connectivity index (χ1n) is 12.2. The van der Waals surface area contributed by atoms with Gasteiger partial charge < -0.3 is 15.5 Å². The van der Waals surface area contributed by atoms with E-state index in [0.717, 1.165) is 42.5 Å². The second-order valence-electron chi connectivity index (χ2n) is 9.32. The summed E-state index contributed by atoms with van der Waals surface area (Å²) in [5.41, 5.74) is 2.63. The number of rotatable bonds is 7. The van der Waals surface area contributed by atoms with Crippen LogP contribution in [0.25, 0.3) is 5.82 Å². The normalized spacial score (nSPS) is 16.4. The van der Waals surface area contributed by atoms with Gasteiger partial charge in [-0.1, -0.05) is 6.07 Å². The highest BCUT2D eigenvalue weighted by Crippen LogP contribution is 2.24.